The topological polar surface area (TPSA) is 83.1 Å². The molecule has 1 saturated heterocycles. The number of methoxy groups -OCH3 is 1. The lowest BCUT2D eigenvalue weighted by Gasteiger charge is -2.34. The molecule has 0 saturated carbocycles. The van der Waals surface area contributed by atoms with Crippen LogP contribution in [0.4, 0.5) is 0 Å². The maximum atomic E-state index is 9.01. The molecule has 1 heterocycles. The zero-order chi connectivity index (χ0) is 13.4. The number of guanidine groups is 1. The number of nitrogens with zero attached hydrogens (tertiary/aromatic N) is 2. The van der Waals surface area contributed by atoms with E-state index in [1.54, 1.807) is 7.11 Å². The number of rotatable bonds is 5. The van der Waals surface area contributed by atoms with Gasteiger partial charge in [-0.2, -0.15) is 0 Å². The highest BCUT2D eigenvalue weighted by molar-refractivity contribution is 5.79. The molecule has 18 heavy (non-hydrogen) atoms. The van der Waals surface area contributed by atoms with Crippen LogP contribution in [0.15, 0.2) is 4.99 Å². The third-order valence-corrected chi connectivity index (χ3v) is 3.24. The van der Waals surface area contributed by atoms with Gasteiger partial charge in [0, 0.05) is 26.8 Å². The molecule has 0 spiro atoms. The van der Waals surface area contributed by atoms with Crippen LogP contribution in [0.25, 0.3) is 0 Å². The van der Waals surface area contributed by atoms with E-state index in [0.29, 0.717) is 12.5 Å². The molecule has 0 aliphatic carbocycles. The highest BCUT2D eigenvalue weighted by Crippen LogP contribution is 2.19. The van der Waals surface area contributed by atoms with Crippen molar-refractivity contribution in [2.75, 3.05) is 33.4 Å². The van der Waals surface area contributed by atoms with Crippen molar-refractivity contribution in [2.45, 2.75) is 32.2 Å². The number of hydrogen-bond donors (Lipinski definition) is 3. The highest BCUT2D eigenvalue weighted by atomic mass is 16.5. The predicted octanol–water partition coefficient (Wildman–Crippen LogP) is -0.0650. The van der Waals surface area contributed by atoms with E-state index in [0.717, 1.165) is 31.9 Å². The third-order valence-electron chi connectivity index (χ3n) is 3.24. The van der Waals surface area contributed by atoms with Gasteiger partial charge in [-0.15, -0.1) is 0 Å². The second-order valence-corrected chi connectivity index (χ2v) is 4.87. The summed E-state index contributed by atoms with van der Waals surface area (Å²) in [7, 11) is 1.67. The van der Waals surface area contributed by atoms with Gasteiger partial charge < -0.3 is 14.7 Å². The molecule has 1 fully saturated rings. The Bertz CT molecular complexity index is 258. The van der Waals surface area contributed by atoms with Gasteiger partial charge in [0.2, 0.25) is 5.96 Å². The van der Waals surface area contributed by atoms with Gasteiger partial charge in [-0.05, 0) is 32.1 Å². The third kappa shape index (κ3) is 4.80. The van der Waals surface area contributed by atoms with E-state index < -0.39 is 0 Å². The number of likely N-dealkylation sites (tertiary alicyclic amines) is 1. The molecule has 0 amide bonds. The van der Waals surface area contributed by atoms with Crippen molar-refractivity contribution in [2.24, 2.45) is 16.8 Å². The zero-order valence-electron chi connectivity index (χ0n) is 11.4. The Morgan fingerprint density at radius 2 is 2.44 bits per heavy atom. The molecule has 0 bridgehead atoms. The van der Waals surface area contributed by atoms with Gasteiger partial charge in [0.1, 0.15) is 0 Å². The zero-order valence-corrected chi connectivity index (χ0v) is 11.4. The molecule has 4 N–H and O–H groups in total. The summed E-state index contributed by atoms with van der Waals surface area (Å²) in [6.07, 6.45) is 3.13. The lowest BCUT2D eigenvalue weighted by molar-refractivity contribution is 0.181. The number of aliphatic hydroxyl groups is 1. The summed E-state index contributed by atoms with van der Waals surface area (Å²) < 4.78 is 5.07. The van der Waals surface area contributed by atoms with Crippen molar-refractivity contribution in [1.29, 1.82) is 0 Å². The van der Waals surface area contributed by atoms with Gasteiger partial charge in [0.15, 0.2) is 0 Å². The summed E-state index contributed by atoms with van der Waals surface area (Å²) in [5, 5.41) is 9.01. The molecule has 1 aliphatic heterocycles. The lowest BCUT2D eigenvalue weighted by atomic mass is 9.95. The number of nitrogens with one attached hydrogen (secondary N) is 1. The molecule has 1 aliphatic rings. The second kappa shape index (κ2) is 8.29. The van der Waals surface area contributed by atoms with E-state index in [2.05, 4.69) is 15.3 Å². The van der Waals surface area contributed by atoms with E-state index in [4.69, 9.17) is 15.7 Å². The maximum Gasteiger partial charge on any atom is 0.208 e. The molecular formula is C12H26N4O2. The minimum absolute atomic E-state index is 0.0827. The summed E-state index contributed by atoms with van der Waals surface area (Å²) in [5.74, 6) is 6.81. The van der Waals surface area contributed by atoms with Crippen LogP contribution in [0, 0.1) is 5.92 Å². The quantitative estimate of drug-likeness (QED) is 0.278. The minimum Gasteiger partial charge on any atom is -0.396 e. The molecule has 2 atom stereocenters. The summed E-state index contributed by atoms with van der Waals surface area (Å²) >= 11 is 0. The van der Waals surface area contributed by atoms with Gasteiger partial charge in [-0.25, -0.2) is 10.8 Å². The van der Waals surface area contributed by atoms with E-state index in [1.165, 1.54) is 6.42 Å². The molecular weight excluding hydrogens is 232 g/mol. The van der Waals surface area contributed by atoms with Crippen LogP contribution in [-0.4, -0.2) is 55.4 Å². The normalized spacial score (nSPS) is 23.0. The molecule has 0 radical (unpaired) electrons. The molecule has 0 aromatic rings. The van der Waals surface area contributed by atoms with Crippen molar-refractivity contribution in [3.63, 3.8) is 0 Å². The molecule has 2 unspecified atom stereocenters. The molecule has 0 aromatic carbocycles. The van der Waals surface area contributed by atoms with Crippen molar-refractivity contribution in [3.8, 4) is 0 Å². The number of piperidine rings is 1. The number of aliphatic imine (C=N–C) groups is 1. The van der Waals surface area contributed by atoms with Gasteiger partial charge in [-0.3, -0.25) is 5.43 Å². The fraction of sp³-hybridized carbons (Fsp3) is 0.917. The number of nitrogens with two attached hydrogens (primary N) is 1. The minimum atomic E-state index is 0.0827. The van der Waals surface area contributed by atoms with Crippen molar-refractivity contribution < 1.29 is 9.84 Å². The van der Waals surface area contributed by atoms with Crippen molar-refractivity contribution in [1.82, 2.24) is 10.3 Å². The monoisotopic (exact) mass is 258 g/mol. The number of ether oxygens (including phenoxy) is 1. The van der Waals surface area contributed by atoms with Crippen LogP contribution in [0.2, 0.25) is 0 Å². The van der Waals surface area contributed by atoms with Crippen LogP contribution >= 0.6 is 0 Å². The molecule has 0 aromatic heterocycles. The highest BCUT2D eigenvalue weighted by Gasteiger charge is 2.22. The summed E-state index contributed by atoms with van der Waals surface area (Å²) in [5.41, 5.74) is 2.68. The second-order valence-electron chi connectivity index (χ2n) is 4.87. The Balaban J connectivity index is 2.58. The first kappa shape index (κ1) is 15.2. The molecule has 6 heteroatoms. The maximum absolute atomic E-state index is 9.01. The van der Waals surface area contributed by atoms with Gasteiger partial charge in [0.05, 0.1) is 12.6 Å². The SMILES string of the molecule is COCC(C)N=C(NN)N1CCCC(CCO)C1. The Hall–Kier alpha value is -0.850. The van der Waals surface area contributed by atoms with Gasteiger partial charge in [-0.1, -0.05) is 0 Å². The first-order valence-corrected chi connectivity index (χ1v) is 6.60. The fourth-order valence-corrected chi connectivity index (χ4v) is 2.37. The average molecular weight is 258 g/mol. The first-order valence-electron chi connectivity index (χ1n) is 6.60. The van der Waals surface area contributed by atoms with Gasteiger partial charge >= 0.3 is 0 Å². The van der Waals surface area contributed by atoms with Crippen LogP contribution < -0.4 is 11.3 Å². The van der Waals surface area contributed by atoms with E-state index >= 15 is 0 Å². The lowest BCUT2D eigenvalue weighted by Crippen LogP contribution is -2.49. The van der Waals surface area contributed by atoms with Crippen LogP contribution in [0.1, 0.15) is 26.2 Å². The fourth-order valence-electron chi connectivity index (χ4n) is 2.37. The first-order chi connectivity index (χ1) is 8.71. The van der Waals surface area contributed by atoms with Crippen LogP contribution in [0.3, 0.4) is 0 Å². The smallest absolute Gasteiger partial charge is 0.208 e. The summed E-state index contributed by atoms with van der Waals surface area (Å²) in [4.78, 5) is 6.68. The van der Waals surface area contributed by atoms with Crippen LogP contribution in [0.5, 0.6) is 0 Å². The Morgan fingerprint density at radius 3 is 3.06 bits per heavy atom. The molecule has 106 valence electrons. The average Bonchev–Trinajstić information content (AvgIpc) is 2.37. The molecule has 1 rings (SSSR count). The Labute approximate surface area is 109 Å². The summed E-state index contributed by atoms with van der Waals surface area (Å²) in [6.45, 7) is 4.70. The van der Waals surface area contributed by atoms with E-state index in [1.807, 2.05) is 6.92 Å². The Kier molecular flexibility index (Phi) is 7.00. The standard InChI is InChI=1S/C12H26N4O2/c1-10(9-18-2)14-12(15-13)16-6-3-4-11(8-16)5-7-17/h10-11,17H,3-9,13H2,1-2H3,(H,14,15). The Morgan fingerprint density at radius 1 is 1.67 bits per heavy atom. The predicted molar refractivity (Wildman–Crippen MR) is 72.1 cm³/mol. The van der Waals surface area contributed by atoms with E-state index in [9.17, 15) is 0 Å². The number of hydrazine groups is 1. The number of hydrogen-bond acceptors (Lipinski definition) is 4. The van der Waals surface area contributed by atoms with E-state index in [-0.39, 0.29) is 12.6 Å². The van der Waals surface area contributed by atoms with Crippen molar-refractivity contribution >= 4 is 5.96 Å². The number of aliphatic hydroxyl groups excluding tert-OH is 1. The van der Waals surface area contributed by atoms with Crippen LogP contribution in [-0.2, 0) is 4.74 Å². The van der Waals surface area contributed by atoms with Crippen molar-refractivity contribution in [3.05, 3.63) is 0 Å². The summed E-state index contributed by atoms with van der Waals surface area (Å²) in [6, 6.07) is 0.0827. The largest absolute Gasteiger partial charge is 0.396 e. The molecule has 6 nitrogen and oxygen atoms in total. The van der Waals surface area contributed by atoms with Gasteiger partial charge in [0.25, 0.3) is 0 Å².